The Balaban J connectivity index is 1.71. The minimum atomic E-state index is 1.10. The predicted molar refractivity (Wildman–Crippen MR) is 67.1 cm³/mol. The summed E-state index contributed by atoms with van der Waals surface area (Å²) in [5.41, 5.74) is 0. The van der Waals surface area contributed by atoms with Crippen molar-refractivity contribution in [3.05, 3.63) is 0 Å². The smallest absolute Gasteiger partial charge is 0.0646 e. The van der Waals surface area contributed by atoms with Gasteiger partial charge in [0.2, 0.25) is 0 Å². The number of hydrogen-bond donors (Lipinski definition) is 0. The standard InChI is InChI=1S/C12H26N4/c1-13-8-10-15(11-9-13)12-14(2)16-6-4-3-5-7-16/h3-12H2,1-2H3. The van der Waals surface area contributed by atoms with Gasteiger partial charge in [0.1, 0.15) is 0 Å². The first kappa shape index (κ1) is 12.3. The lowest BCUT2D eigenvalue weighted by atomic mass is 10.2. The molecule has 2 saturated heterocycles. The zero-order chi connectivity index (χ0) is 11.4. The summed E-state index contributed by atoms with van der Waals surface area (Å²) in [6.45, 7) is 8.48. The number of piperidine rings is 1. The fraction of sp³-hybridized carbons (Fsp3) is 1.00. The Hall–Kier alpha value is -0.160. The molecule has 2 heterocycles. The molecule has 2 aliphatic rings. The maximum Gasteiger partial charge on any atom is 0.0646 e. The highest BCUT2D eigenvalue weighted by molar-refractivity contribution is 4.69. The molecule has 0 aliphatic carbocycles. The zero-order valence-corrected chi connectivity index (χ0v) is 10.9. The van der Waals surface area contributed by atoms with Gasteiger partial charge >= 0.3 is 0 Å². The molecule has 0 N–H and O–H groups in total. The quantitative estimate of drug-likeness (QED) is 0.696. The van der Waals surface area contributed by atoms with Gasteiger partial charge in [-0.05, 0) is 19.9 Å². The third kappa shape index (κ3) is 3.42. The van der Waals surface area contributed by atoms with Crippen molar-refractivity contribution < 1.29 is 0 Å². The molecule has 16 heavy (non-hydrogen) atoms. The molecule has 4 nitrogen and oxygen atoms in total. The first-order valence-electron chi connectivity index (χ1n) is 6.62. The molecule has 0 aromatic carbocycles. The van der Waals surface area contributed by atoms with Crippen molar-refractivity contribution in [3.8, 4) is 0 Å². The van der Waals surface area contributed by atoms with E-state index in [9.17, 15) is 0 Å². The van der Waals surface area contributed by atoms with Crippen LogP contribution in [-0.4, -0.2) is 79.9 Å². The molecule has 0 radical (unpaired) electrons. The highest BCUT2D eigenvalue weighted by Crippen LogP contribution is 2.11. The van der Waals surface area contributed by atoms with E-state index in [1.54, 1.807) is 0 Å². The van der Waals surface area contributed by atoms with Gasteiger partial charge in [0.25, 0.3) is 0 Å². The van der Waals surface area contributed by atoms with Crippen molar-refractivity contribution in [3.63, 3.8) is 0 Å². The van der Waals surface area contributed by atoms with Gasteiger partial charge in [-0.1, -0.05) is 6.42 Å². The van der Waals surface area contributed by atoms with Crippen molar-refractivity contribution in [1.82, 2.24) is 19.8 Å². The van der Waals surface area contributed by atoms with Gasteiger partial charge in [0, 0.05) is 46.3 Å². The number of likely N-dealkylation sites (N-methyl/N-ethyl adjacent to an activating group) is 1. The molecule has 2 rings (SSSR count). The van der Waals surface area contributed by atoms with Crippen LogP contribution < -0.4 is 0 Å². The molecule has 0 amide bonds. The average molecular weight is 226 g/mol. The van der Waals surface area contributed by atoms with E-state index in [2.05, 4.69) is 33.9 Å². The van der Waals surface area contributed by atoms with E-state index in [-0.39, 0.29) is 0 Å². The minimum absolute atomic E-state index is 1.10. The van der Waals surface area contributed by atoms with Gasteiger partial charge in [-0.25, -0.2) is 10.0 Å². The van der Waals surface area contributed by atoms with Crippen LogP contribution >= 0.6 is 0 Å². The summed E-state index contributed by atoms with van der Waals surface area (Å²) in [6, 6.07) is 0. The summed E-state index contributed by atoms with van der Waals surface area (Å²) in [4.78, 5) is 4.98. The summed E-state index contributed by atoms with van der Waals surface area (Å²) in [5.74, 6) is 0. The summed E-state index contributed by atoms with van der Waals surface area (Å²) in [5, 5.41) is 4.94. The average Bonchev–Trinajstić information content (AvgIpc) is 2.33. The third-order valence-electron chi connectivity index (χ3n) is 3.82. The number of hydrogen-bond acceptors (Lipinski definition) is 4. The zero-order valence-electron chi connectivity index (χ0n) is 10.9. The Morgan fingerprint density at radius 2 is 1.50 bits per heavy atom. The molecule has 4 heteroatoms. The number of nitrogens with zero attached hydrogens (tertiary/aromatic N) is 4. The Morgan fingerprint density at radius 3 is 2.12 bits per heavy atom. The van der Waals surface area contributed by atoms with Crippen molar-refractivity contribution in [2.45, 2.75) is 19.3 Å². The molecule has 0 bridgehead atoms. The Kier molecular flexibility index (Phi) is 4.58. The van der Waals surface area contributed by atoms with Crippen LogP contribution in [0.3, 0.4) is 0 Å². The van der Waals surface area contributed by atoms with Gasteiger partial charge in [0.05, 0.1) is 6.67 Å². The lowest BCUT2D eigenvalue weighted by Gasteiger charge is -2.40. The maximum absolute atomic E-state index is 2.56. The van der Waals surface area contributed by atoms with E-state index in [1.807, 2.05) is 0 Å². The summed E-state index contributed by atoms with van der Waals surface area (Å²) >= 11 is 0. The number of piperazine rings is 1. The molecule has 0 unspecified atom stereocenters. The largest absolute Gasteiger partial charge is 0.304 e. The molecule has 2 fully saturated rings. The third-order valence-corrected chi connectivity index (χ3v) is 3.82. The van der Waals surface area contributed by atoms with Crippen LogP contribution in [0.25, 0.3) is 0 Å². The molecule has 0 spiro atoms. The van der Waals surface area contributed by atoms with E-state index >= 15 is 0 Å². The molecule has 0 saturated carbocycles. The Bertz CT molecular complexity index is 195. The van der Waals surface area contributed by atoms with E-state index in [0.29, 0.717) is 0 Å². The SMILES string of the molecule is CN1CCN(CN(C)N2CCCCC2)CC1. The van der Waals surface area contributed by atoms with Gasteiger partial charge in [-0.3, -0.25) is 4.90 Å². The monoisotopic (exact) mass is 226 g/mol. The van der Waals surface area contributed by atoms with Gasteiger partial charge < -0.3 is 4.90 Å². The summed E-state index contributed by atoms with van der Waals surface area (Å²) in [7, 11) is 4.45. The number of rotatable bonds is 3. The van der Waals surface area contributed by atoms with E-state index in [1.165, 1.54) is 58.5 Å². The highest BCUT2D eigenvalue weighted by atomic mass is 15.6. The van der Waals surface area contributed by atoms with Crippen molar-refractivity contribution in [2.24, 2.45) is 0 Å². The second-order valence-corrected chi connectivity index (χ2v) is 5.23. The van der Waals surface area contributed by atoms with Crippen LogP contribution in [0.4, 0.5) is 0 Å². The van der Waals surface area contributed by atoms with E-state index < -0.39 is 0 Å². The normalized spacial score (nSPS) is 26.4. The first-order chi connectivity index (χ1) is 7.75. The van der Waals surface area contributed by atoms with Crippen LogP contribution in [-0.2, 0) is 0 Å². The molecule has 0 aromatic heterocycles. The van der Waals surface area contributed by atoms with Gasteiger partial charge in [-0.2, -0.15) is 0 Å². The molecule has 94 valence electrons. The molecule has 2 aliphatic heterocycles. The fourth-order valence-electron chi connectivity index (χ4n) is 2.59. The molecule has 0 atom stereocenters. The van der Waals surface area contributed by atoms with Crippen molar-refractivity contribution in [2.75, 3.05) is 60.0 Å². The number of hydrazine groups is 1. The summed E-state index contributed by atoms with van der Waals surface area (Å²) < 4.78 is 0. The van der Waals surface area contributed by atoms with Gasteiger partial charge in [-0.15, -0.1) is 0 Å². The highest BCUT2D eigenvalue weighted by Gasteiger charge is 2.19. The second-order valence-electron chi connectivity index (χ2n) is 5.23. The van der Waals surface area contributed by atoms with Crippen LogP contribution in [0.1, 0.15) is 19.3 Å². The maximum atomic E-state index is 2.56. The Morgan fingerprint density at radius 1 is 0.875 bits per heavy atom. The molecular formula is C12H26N4. The topological polar surface area (TPSA) is 13.0 Å². The van der Waals surface area contributed by atoms with Crippen molar-refractivity contribution >= 4 is 0 Å². The van der Waals surface area contributed by atoms with Crippen LogP contribution in [0.2, 0.25) is 0 Å². The fourth-order valence-corrected chi connectivity index (χ4v) is 2.59. The minimum Gasteiger partial charge on any atom is -0.304 e. The Labute approximate surface area is 99.8 Å². The molecule has 0 aromatic rings. The van der Waals surface area contributed by atoms with E-state index in [4.69, 9.17) is 0 Å². The summed E-state index contributed by atoms with van der Waals surface area (Å²) in [6.07, 6.45) is 4.15. The predicted octanol–water partition coefficient (Wildman–Crippen LogP) is 0.524. The van der Waals surface area contributed by atoms with Gasteiger partial charge in [0.15, 0.2) is 0 Å². The van der Waals surface area contributed by atoms with Crippen LogP contribution in [0.15, 0.2) is 0 Å². The van der Waals surface area contributed by atoms with Crippen LogP contribution in [0.5, 0.6) is 0 Å². The first-order valence-corrected chi connectivity index (χ1v) is 6.62. The molecular weight excluding hydrogens is 200 g/mol. The second kappa shape index (κ2) is 5.96. The van der Waals surface area contributed by atoms with Crippen molar-refractivity contribution in [1.29, 1.82) is 0 Å². The lowest BCUT2D eigenvalue weighted by Crippen LogP contribution is -2.52. The van der Waals surface area contributed by atoms with Crippen LogP contribution in [0, 0.1) is 0 Å². The lowest BCUT2D eigenvalue weighted by molar-refractivity contribution is -0.0607. The van der Waals surface area contributed by atoms with E-state index in [0.717, 1.165) is 6.67 Å².